The normalized spacial score (nSPS) is 11.4. The van der Waals surface area contributed by atoms with E-state index in [0.29, 0.717) is 5.82 Å². The van der Waals surface area contributed by atoms with Gasteiger partial charge in [0.25, 0.3) is 0 Å². The lowest BCUT2D eigenvalue weighted by Crippen LogP contribution is -1.97. The Morgan fingerprint density at radius 2 is 0.688 bits per heavy atom. The molecule has 1 heterocycles. The lowest BCUT2D eigenvalue weighted by atomic mass is 9.83. The van der Waals surface area contributed by atoms with Crippen LogP contribution in [0.1, 0.15) is 0 Å². The first-order valence-electron chi connectivity index (χ1n) is 21.9. The van der Waals surface area contributed by atoms with Crippen molar-refractivity contribution in [2.45, 2.75) is 0 Å². The molecular formula is C62H40N2. The molecule has 0 atom stereocenters. The Bertz CT molecular complexity index is 3690. The Kier molecular flexibility index (Phi) is 9.20. The molecule has 0 aliphatic rings. The summed E-state index contributed by atoms with van der Waals surface area (Å²) in [5.74, 6) is 0.699. The van der Waals surface area contributed by atoms with Crippen molar-refractivity contribution in [2.75, 3.05) is 0 Å². The molecule has 12 aromatic rings. The summed E-state index contributed by atoms with van der Waals surface area (Å²) in [6, 6.07) is 87.1. The summed E-state index contributed by atoms with van der Waals surface area (Å²) in [5, 5.41) is 9.87. The molecule has 0 radical (unpaired) electrons. The zero-order valence-corrected chi connectivity index (χ0v) is 35.0. The summed E-state index contributed by atoms with van der Waals surface area (Å²) in [6.07, 6.45) is 0. The Hall–Kier alpha value is -8.46. The van der Waals surface area contributed by atoms with Crippen LogP contribution in [0.15, 0.2) is 243 Å². The second-order valence-corrected chi connectivity index (χ2v) is 16.4. The second kappa shape index (κ2) is 15.8. The van der Waals surface area contributed by atoms with E-state index in [1.807, 2.05) is 18.2 Å². The molecule has 12 rings (SSSR count). The van der Waals surface area contributed by atoms with Crippen LogP contribution in [0, 0.1) is 0 Å². The van der Waals surface area contributed by atoms with Crippen LogP contribution < -0.4 is 0 Å². The third kappa shape index (κ3) is 6.44. The SMILES string of the molecule is c1ccc(-c2nc(-c3ccccc3-c3ccccc3)cc(-c3ccc(-c4ccc(-c5c6ccccc6c(-c6ccccc6)c6c5ccc5ccccc56)cc4)c4ccccc34)n2)cc1. The van der Waals surface area contributed by atoms with E-state index in [4.69, 9.17) is 9.97 Å². The van der Waals surface area contributed by atoms with Gasteiger partial charge in [-0.25, -0.2) is 9.97 Å². The molecule has 2 nitrogen and oxygen atoms in total. The number of aromatic nitrogens is 2. The highest BCUT2D eigenvalue weighted by Crippen LogP contribution is 2.47. The van der Waals surface area contributed by atoms with Crippen molar-refractivity contribution in [3.05, 3.63) is 243 Å². The van der Waals surface area contributed by atoms with Crippen molar-refractivity contribution < 1.29 is 0 Å². The summed E-state index contributed by atoms with van der Waals surface area (Å²) in [5.41, 5.74) is 14.5. The highest BCUT2D eigenvalue weighted by Gasteiger charge is 2.20. The fourth-order valence-electron chi connectivity index (χ4n) is 9.77. The van der Waals surface area contributed by atoms with Gasteiger partial charge in [0, 0.05) is 16.7 Å². The minimum absolute atomic E-state index is 0.699. The molecule has 0 amide bonds. The van der Waals surface area contributed by atoms with Gasteiger partial charge >= 0.3 is 0 Å². The van der Waals surface area contributed by atoms with Crippen LogP contribution in [0.2, 0.25) is 0 Å². The van der Waals surface area contributed by atoms with Crippen molar-refractivity contribution in [1.29, 1.82) is 0 Å². The van der Waals surface area contributed by atoms with Gasteiger partial charge in [0.1, 0.15) is 0 Å². The molecule has 0 aliphatic carbocycles. The van der Waals surface area contributed by atoms with Gasteiger partial charge in [0.2, 0.25) is 0 Å². The lowest BCUT2D eigenvalue weighted by molar-refractivity contribution is 1.19. The first-order valence-corrected chi connectivity index (χ1v) is 21.9. The van der Waals surface area contributed by atoms with Crippen LogP contribution >= 0.6 is 0 Å². The first-order chi connectivity index (χ1) is 31.8. The summed E-state index contributed by atoms with van der Waals surface area (Å²) in [4.78, 5) is 10.5. The van der Waals surface area contributed by atoms with E-state index in [-0.39, 0.29) is 0 Å². The van der Waals surface area contributed by atoms with Gasteiger partial charge in [0.15, 0.2) is 5.82 Å². The van der Waals surface area contributed by atoms with E-state index in [0.717, 1.165) is 50.2 Å². The van der Waals surface area contributed by atoms with E-state index in [1.54, 1.807) is 0 Å². The van der Waals surface area contributed by atoms with Crippen LogP contribution in [0.5, 0.6) is 0 Å². The molecule has 11 aromatic carbocycles. The highest BCUT2D eigenvalue weighted by molar-refractivity contribution is 6.28. The molecule has 0 aliphatic heterocycles. The zero-order chi connectivity index (χ0) is 42.4. The quantitative estimate of drug-likeness (QED) is 0.118. The predicted octanol–water partition coefficient (Wildman–Crippen LogP) is 16.8. The minimum Gasteiger partial charge on any atom is -0.228 e. The van der Waals surface area contributed by atoms with Gasteiger partial charge in [-0.05, 0) is 93.7 Å². The number of hydrogen-bond acceptors (Lipinski definition) is 2. The summed E-state index contributed by atoms with van der Waals surface area (Å²) in [6.45, 7) is 0. The van der Waals surface area contributed by atoms with E-state index >= 15 is 0 Å². The van der Waals surface area contributed by atoms with Gasteiger partial charge < -0.3 is 0 Å². The molecule has 0 N–H and O–H groups in total. The summed E-state index contributed by atoms with van der Waals surface area (Å²) in [7, 11) is 0. The average molecular weight is 813 g/mol. The van der Waals surface area contributed by atoms with Gasteiger partial charge in [-0.15, -0.1) is 0 Å². The third-order valence-electron chi connectivity index (χ3n) is 12.7. The molecule has 298 valence electrons. The van der Waals surface area contributed by atoms with Crippen molar-refractivity contribution in [1.82, 2.24) is 9.97 Å². The molecule has 2 heteroatoms. The average Bonchev–Trinajstić information content (AvgIpc) is 3.38. The topological polar surface area (TPSA) is 25.8 Å². The van der Waals surface area contributed by atoms with E-state index in [9.17, 15) is 0 Å². The van der Waals surface area contributed by atoms with Crippen molar-refractivity contribution in [3.8, 4) is 78.4 Å². The largest absolute Gasteiger partial charge is 0.228 e. The Labute approximate surface area is 372 Å². The maximum absolute atomic E-state index is 5.28. The van der Waals surface area contributed by atoms with E-state index < -0.39 is 0 Å². The van der Waals surface area contributed by atoms with Gasteiger partial charge in [-0.3, -0.25) is 0 Å². The number of hydrogen-bond donors (Lipinski definition) is 0. The summed E-state index contributed by atoms with van der Waals surface area (Å²) >= 11 is 0. The Morgan fingerprint density at radius 1 is 0.234 bits per heavy atom. The smallest absolute Gasteiger partial charge is 0.160 e. The molecule has 0 bridgehead atoms. The minimum atomic E-state index is 0.699. The molecule has 0 fully saturated rings. The highest BCUT2D eigenvalue weighted by atomic mass is 14.9. The molecular weight excluding hydrogens is 773 g/mol. The number of rotatable bonds is 7. The van der Waals surface area contributed by atoms with Gasteiger partial charge in [-0.1, -0.05) is 237 Å². The molecule has 0 spiro atoms. The fourth-order valence-corrected chi connectivity index (χ4v) is 9.77. The molecule has 0 saturated heterocycles. The molecule has 0 unspecified atom stereocenters. The van der Waals surface area contributed by atoms with Crippen LogP contribution in [-0.2, 0) is 0 Å². The zero-order valence-electron chi connectivity index (χ0n) is 35.0. The van der Waals surface area contributed by atoms with Crippen molar-refractivity contribution in [3.63, 3.8) is 0 Å². The molecule has 64 heavy (non-hydrogen) atoms. The molecule has 1 aromatic heterocycles. The second-order valence-electron chi connectivity index (χ2n) is 16.4. The first kappa shape index (κ1) is 37.3. The van der Waals surface area contributed by atoms with Crippen LogP contribution in [0.25, 0.3) is 122 Å². The van der Waals surface area contributed by atoms with Crippen LogP contribution in [0.3, 0.4) is 0 Å². The van der Waals surface area contributed by atoms with Gasteiger partial charge in [0.05, 0.1) is 11.4 Å². The number of nitrogens with zero attached hydrogens (tertiary/aromatic N) is 2. The van der Waals surface area contributed by atoms with Gasteiger partial charge in [-0.2, -0.15) is 0 Å². The third-order valence-corrected chi connectivity index (χ3v) is 12.7. The monoisotopic (exact) mass is 812 g/mol. The fraction of sp³-hybridized carbons (Fsp3) is 0. The standard InChI is InChI=1S/C62H40N2/c1-4-18-41(19-5-1)47-25-12-15-29-52(47)57-40-58(64-62(63-57)46-23-8-3-9-24-46)53-39-38-48(50-27-13-14-28-51(50)53)43-32-34-45(35-33-43)59-54-30-16-17-31-55(54)60(44-21-6-2-7-22-44)61-49-26-11-10-20-42(49)36-37-56(59)61/h1-40H. The Balaban J connectivity index is 1.01. The van der Waals surface area contributed by atoms with Crippen molar-refractivity contribution in [2.24, 2.45) is 0 Å². The molecule has 0 saturated carbocycles. The summed E-state index contributed by atoms with van der Waals surface area (Å²) < 4.78 is 0. The van der Waals surface area contributed by atoms with E-state index in [2.05, 4.69) is 224 Å². The van der Waals surface area contributed by atoms with Crippen molar-refractivity contribution >= 4 is 43.1 Å². The van der Waals surface area contributed by atoms with Crippen LogP contribution in [0.4, 0.5) is 0 Å². The maximum Gasteiger partial charge on any atom is 0.160 e. The van der Waals surface area contributed by atoms with E-state index in [1.165, 1.54) is 65.5 Å². The maximum atomic E-state index is 5.28. The van der Waals surface area contributed by atoms with Crippen LogP contribution in [-0.4, -0.2) is 9.97 Å². The number of fused-ring (bicyclic) bond motifs is 5. The lowest BCUT2D eigenvalue weighted by Gasteiger charge is -2.19. The Morgan fingerprint density at radius 3 is 1.38 bits per heavy atom. The number of benzene rings is 11. The predicted molar refractivity (Wildman–Crippen MR) is 270 cm³/mol.